The first-order valence-corrected chi connectivity index (χ1v) is 15.0. The van der Waals surface area contributed by atoms with Crippen LogP contribution in [0.1, 0.15) is 38.2 Å². The van der Waals surface area contributed by atoms with Crippen molar-refractivity contribution < 1.29 is 31.4 Å². The molecule has 4 aromatic rings. The van der Waals surface area contributed by atoms with Crippen molar-refractivity contribution in [2.75, 3.05) is 32.0 Å². The van der Waals surface area contributed by atoms with Crippen molar-refractivity contribution in [1.29, 1.82) is 0 Å². The van der Waals surface area contributed by atoms with Gasteiger partial charge in [-0.25, -0.2) is 13.8 Å². The summed E-state index contributed by atoms with van der Waals surface area (Å²) < 4.78 is 85.1. The molecule has 3 aliphatic heterocycles. The molecule has 14 heteroatoms. The van der Waals surface area contributed by atoms with Crippen LogP contribution in [0.3, 0.4) is 0 Å². The van der Waals surface area contributed by atoms with Gasteiger partial charge in [0.05, 0.1) is 32.2 Å². The van der Waals surface area contributed by atoms with Crippen LogP contribution in [0.15, 0.2) is 24.3 Å². The number of aromatic nitrogens is 3. The van der Waals surface area contributed by atoms with Gasteiger partial charge in [-0.3, -0.25) is 4.90 Å². The molecule has 8 nitrogen and oxygen atoms in total. The second kappa shape index (κ2) is 10.4. The fraction of sp³-hybridized carbons (Fsp3) is 0.483. The first kappa shape index (κ1) is 28.4. The topological polar surface area (TPSA) is 98.4 Å². The average molecular weight is 621 g/mol. The summed E-state index contributed by atoms with van der Waals surface area (Å²) in [5.41, 5.74) is 4.38. The van der Waals surface area contributed by atoms with E-state index in [0.717, 1.165) is 42.9 Å². The monoisotopic (exact) mass is 620 g/mol. The maximum absolute atomic E-state index is 14.6. The molecule has 5 heterocycles. The van der Waals surface area contributed by atoms with E-state index in [9.17, 15) is 22.0 Å². The van der Waals surface area contributed by atoms with Gasteiger partial charge in [0.1, 0.15) is 24.7 Å². The van der Waals surface area contributed by atoms with Gasteiger partial charge in [0.2, 0.25) is 5.88 Å². The molecule has 3 aliphatic rings. The third kappa shape index (κ3) is 5.02. The molecule has 3 fully saturated rings. The van der Waals surface area contributed by atoms with Gasteiger partial charge < -0.3 is 20.5 Å². The lowest BCUT2D eigenvalue weighted by Crippen LogP contribution is -2.43. The van der Waals surface area contributed by atoms with Crippen molar-refractivity contribution in [3.8, 4) is 23.0 Å². The van der Waals surface area contributed by atoms with E-state index in [2.05, 4.69) is 25.2 Å². The lowest BCUT2D eigenvalue weighted by molar-refractivity contribution is -0.137. The number of anilines is 1. The highest BCUT2D eigenvalue weighted by atomic mass is 32.1. The molecular formula is C29H29F5N6O2S. The predicted octanol–water partition coefficient (Wildman–Crippen LogP) is 5.73. The summed E-state index contributed by atoms with van der Waals surface area (Å²) in [5.74, 6) is -0.659. The number of halogens is 5. The molecule has 0 saturated carbocycles. The molecule has 7 rings (SSSR count). The molecule has 2 aromatic carbocycles. The van der Waals surface area contributed by atoms with Crippen molar-refractivity contribution in [3.05, 3.63) is 35.6 Å². The van der Waals surface area contributed by atoms with Crippen molar-refractivity contribution in [2.24, 2.45) is 0 Å². The van der Waals surface area contributed by atoms with Gasteiger partial charge in [-0.2, -0.15) is 23.1 Å². The third-order valence-electron chi connectivity index (χ3n) is 8.83. The third-order valence-corrected chi connectivity index (χ3v) is 9.73. The van der Waals surface area contributed by atoms with Gasteiger partial charge in [-0.05, 0) is 69.1 Å². The lowest BCUT2D eigenvalue weighted by Gasteiger charge is -2.30. The minimum atomic E-state index is -4.78. The summed E-state index contributed by atoms with van der Waals surface area (Å²) in [7, 11) is 0. The number of ether oxygens (including phenoxy) is 2. The Balaban J connectivity index is 1.37. The van der Waals surface area contributed by atoms with E-state index >= 15 is 0 Å². The number of fused-ring (bicyclic) bond motifs is 3. The normalized spacial score (nSPS) is 26.0. The van der Waals surface area contributed by atoms with Crippen LogP contribution in [0.5, 0.6) is 11.9 Å². The Hall–Kier alpha value is -3.36. The molecule has 0 amide bonds. The molecule has 228 valence electrons. The molecular weight excluding hydrogens is 591 g/mol. The number of hydrogen-bond acceptors (Lipinski definition) is 9. The largest absolute Gasteiger partial charge is 0.472 e. The van der Waals surface area contributed by atoms with Crippen LogP contribution in [0.25, 0.3) is 32.2 Å². The minimum absolute atomic E-state index is 0.0302. The van der Waals surface area contributed by atoms with Gasteiger partial charge in [0.15, 0.2) is 5.13 Å². The molecule has 4 unspecified atom stereocenters. The van der Waals surface area contributed by atoms with Crippen molar-refractivity contribution in [3.63, 3.8) is 0 Å². The second-order valence-electron chi connectivity index (χ2n) is 11.6. The van der Waals surface area contributed by atoms with Crippen LogP contribution >= 0.6 is 11.3 Å². The van der Waals surface area contributed by atoms with E-state index < -0.39 is 29.3 Å². The number of nitrogens with one attached hydrogen (secondary N) is 1. The van der Waals surface area contributed by atoms with E-state index in [-0.39, 0.29) is 68.0 Å². The van der Waals surface area contributed by atoms with Crippen molar-refractivity contribution in [2.45, 2.75) is 62.6 Å². The molecule has 0 aliphatic carbocycles. The number of nitrogens with zero attached hydrogens (tertiary/aromatic N) is 4. The maximum atomic E-state index is 14.6. The molecule has 0 spiro atoms. The Bertz CT molecular complexity index is 1720. The van der Waals surface area contributed by atoms with Gasteiger partial charge in [0, 0.05) is 24.6 Å². The number of hydrogen-bond donors (Lipinski definition) is 2. The quantitative estimate of drug-likeness (QED) is 0.264. The zero-order chi connectivity index (χ0) is 30.1. The Morgan fingerprint density at radius 3 is 2.79 bits per heavy atom. The van der Waals surface area contributed by atoms with Crippen LogP contribution in [0.4, 0.5) is 27.1 Å². The van der Waals surface area contributed by atoms with Gasteiger partial charge in [-0.15, -0.1) is 0 Å². The van der Waals surface area contributed by atoms with E-state index in [0.29, 0.717) is 25.9 Å². The van der Waals surface area contributed by atoms with E-state index in [4.69, 9.17) is 15.2 Å². The zero-order valence-electron chi connectivity index (χ0n) is 23.2. The smallest absolute Gasteiger partial charge is 0.417 e. The molecule has 2 aromatic heterocycles. The summed E-state index contributed by atoms with van der Waals surface area (Å²) in [6.07, 6.45) is -3.39. The Morgan fingerprint density at radius 1 is 1.19 bits per heavy atom. The van der Waals surface area contributed by atoms with E-state index in [1.165, 1.54) is 12.1 Å². The van der Waals surface area contributed by atoms with E-state index in [1.54, 1.807) is 0 Å². The van der Waals surface area contributed by atoms with Crippen LogP contribution in [0, 0.1) is 5.82 Å². The van der Waals surface area contributed by atoms with Crippen LogP contribution in [0.2, 0.25) is 0 Å². The Kier molecular flexibility index (Phi) is 6.86. The molecule has 4 atom stereocenters. The van der Waals surface area contributed by atoms with Crippen LogP contribution in [-0.2, 0) is 6.18 Å². The van der Waals surface area contributed by atoms with Crippen LogP contribution in [-0.4, -0.2) is 69.9 Å². The molecule has 3 saturated heterocycles. The fourth-order valence-corrected chi connectivity index (χ4v) is 7.50. The first-order chi connectivity index (χ1) is 20.5. The van der Waals surface area contributed by atoms with Crippen LogP contribution < -0.4 is 20.5 Å². The average Bonchev–Trinajstić information content (AvgIpc) is 3.70. The fourth-order valence-electron chi connectivity index (χ4n) is 6.74. The highest BCUT2D eigenvalue weighted by molar-refractivity contribution is 7.22. The second-order valence-corrected chi connectivity index (χ2v) is 12.6. The lowest BCUT2D eigenvalue weighted by atomic mass is 9.95. The SMILES string of the molecule is CC1NCCC1Oc1nc(OCC23CCCN2CC(F)C3)nc2cc(-c3ccc(F)c4sc(N)nc34)c(C(F)(F)F)cc12. The van der Waals surface area contributed by atoms with E-state index in [1.807, 2.05) is 6.92 Å². The maximum Gasteiger partial charge on any atom is 0.417 e. The van der Waals surface area contributed by atoms with Gasteiger partial charge in [-0.1, -0.05) is 11.3 Å². The summed E-state index contributed by atoms with van der Waals surface area (Å²) >= 11 is 0.861. The molecule has 0 radical (unpaired) electrons. The van der Waals surface area contributed by atoms with Gasteiger partial charge in [0.25, 0.3) is 0 Å². The number of nitrogens with two attached hydrogens (primary N) is 1. The Labute approximate surface area is 247 Å². The van der Waals surface area contributed by atoms with Crippen molar-refractivity contribution in [1.82, 2.24) is 25.2 Å². The number of benzene rings is 2. The molecule has 0 bridgehead atoms. The predicted molar refractivity (Wildman–Crippen MR) is 153 cm³/mol. The first-order valence-electron chi connectivity index (χ1n) is 14.2. The highest BCUT2D eigenvalue weighted by Crippen LogP contribution is 2.45. The molecule has 43 heavy (non-hydrogen) atoms. The zero-order valence-corrected chi connectivity index (χ0v) is 24.0. The summed E-state index contributed by atoms with van der Waals surface area (Å²) in [6, 6.07) is 4.48. The van der Waals surface area contributed by atoms with Gasteiger partial charge >= 0.3 is 12.2 Å². The number of alkyl halides is 4. The minimum Gasteiger partial charge on any atom is -0.472 e. The number of thiazole rings is 1. The number of rotatable bonds is 6. The summed E-state index contributed by atoms with van der Waals surface area (Å²) in [5, 5.41) is 3.36. The Morgan fingerprint density at radius 2 is 2.02 bits per heavy atom. The summed E-state index contributed by atoms with van der Waals surface area (Å²) in [4.78, 5) is 15.2. The molecule has 3 N–H and O–H groups in total. The number of nitrogen functional groups attached to an aromatic ring is 1. The standard InChI is InChI=1S/C29H29F5N6O2S/c1-14-22(5-7-36-14)42-25-18-9-19(29(32,33)34)17(16-3-4-20(31)24-23(16)38-26(35)43-24)10-21(18)37-27(39-25)41-13-28-6-2-8-40(28)12-15(30)11-28/h3-4,9-10,14-15,22,36H,2,5-8,11-13H2,1H3,(H2,35,38). The highest BCUT2D eigenvalue weighted by Gasteiger charge is 2.49. The summed E-state index contributed by atoms with van der Waals surface area (Å²) in [6.45, 7) is 3.89. The van der Waals surface area contributed by atoms with Crippen molar-refractivity contribution >= 4 is 37.6 Å².